The van der Waals surface area contributed by atoms with Crippen molar-refractivity contribution >= 4 is 11.4 Å². The van der Waals surface area contributed by atoms with Crippen LogP contribution in [0.3, 0.4) is 0 Å². The number of fused-ring (bicyclic) bond motifs is 1. The van der Waals surface area contributed by atoms with Crippen molar-refractivity contribution in [2.45, 2.75) is 45.2 Å². The second-order valence-electron chi connectivity index (χ2n) is 9.15. The molecule has 31 heavy (non-hydrogen) atoms. The van der Waals surface area contributed by atoms with Gasteiger partial charge in [-0.2, -0.15) is 0 Å². The molecule has 2 N–H and O–H groups in total. The fourth-order valence-corrected chi connectivity index (χ4v) is 4.38. The normalized spacial score (nSPS) is 17.6. The fourth-order valence-electron chi connectivity index (χ4n) is 4.38. The lowest BCUT2D eigenvalue weighted by Crippen LogP contribution is -2.53. The van der Waals surface area contributed by atoms with Crippen molar-refractivity contribution in [3.8, 4) is 28.6 Å². The molecule has 1 aliphatic rings. The standard InChI is InChI=1S/C23H24N6O2/c1-22(2)10-15(11-23(3,4)28-22)16-5-7-29-13-17(27-21(29)26-16)19-18(30)9-14(12-25-19)20-24-6-8-31-20/h5-10,12-13,28,30H,11H2,1-4H3. The molecular weight excluding hydrogens is 392 g/mol. The quantitative estimate of drug-likeness (QED) is 0.519. The summed E-state index contributed by atoms with van der Waals surface area (Å²) in [5.74, 6) is 0.959. The molecule has 0 bridgehead atoms. The number of hydrogen-bond donors (Lipinski definition) is 2. The molecule has 5 rings (SSSR count). The maximum Gasteiger partial charge on any atom is 0.234 e. The number of pyridine rings is 1. The zero-order valence-electron chi connectivity index (χ0n) is 17.9. The maximum absolute atomic E-state index is 10.5. The number of imidazole rings is 1. The molecule has 0 amide bonds. The van der Waals surface area contributed by atoms with E-state index in [-0.39, 0.29) is 16.8 Å². The summed E-state index contributed by atoms with van der Waals surface area (Å²) < 4.78 is 7.10. The van der Waals surface area contributed by atoms with Crippen molar-refractivity contribution < 1.29 is 9.52 Å². The number of hydrogen-bond acceptors (Lipinski definition) is 7. The number of aromatic hydroxyl groups is 1. The molecule has 0 spiro atoms. The van der Waals surface area contributed by atoms with Gasteiger partial charge in [-0.1, -0.05) is 6.08 Å². The summed E-state index contributed by atoms with van der Waals surface area (Å²) in [6.45, 7) is 8.72. The first-order chi connectivity index (χ1) is 14.7. The van der Waals surface area contributed by atoms with Crippen LogP contribution >= 0.6 is 0 Å². The smallest absolute Gasteiger partial charge is 0.234 e. The van der Waals surface area contributed by atoms with Gasteiger partial charge in [-0.25, -0.2) is 19.9 Å². The van der Waals surface area contributed by atoms with Gasteiger partial charge in [0.15, 0.2) is 0 Å². The molecule has 1 aliphatic heterocycles. The average molecular weight is 416 g/mol. The van der Waals surface area contributed by atoms with E-state index in [0.717, 1.165) is 12.1 Å². The second-order valence-corrected chi connectivity index (χ2v) is 9.15. The molecule has 0 atom stereocenters. The first kappa shape index (κ1) is 19.4. The Labute approximate surface area is 179 Å². The molecule has 8 heteroatoms. The van der Waals surface area contributed by atoms with Crippen molar-refractivity contribution in [1.82, 2.24) is 29.7 Å². The van der Waals surface area contributed by atoms with Crippen LogP contribution in [0.1, 0.15) is 39.8 Å². The van der Waals surface area contributed by atoms with E-state index in [1.54, 1.807) is 18.5 Å². The van der Waals surface area contributed by atoms with Crippen LogP contribution in [0.5, 0.6) is 5.75 Å². The minimum Gasteiger partial charge on any atom is -0.506 e. The average Bonchev–Trinajstić information content (AvgIpc) is 3.34. The summed E-state index contributed by atoms with van der Waals surface area (Å²) in [6.07, 6.45) is 11.5. The molecule has 0 radical (unpaired) electrons. The van der Waals surface area contributed by atoms with E-state index in [1.807, 2.05) is 22.9 Å². The van der Waals surface area contributed by atoms with Crippen LogP contribution in [-0.4, -0.2) is 40.5 Å². The van der Waals surface area contributed by atoms with Crippen LogP contribution in [0.15, 0.2) is 53.7 Å². The molecule has 0 aliphatic carbocycles. The predicted octanol–water partition coefficient (Wildman–Crippen LogP) is 4.09. The van der Waals surface area contributed by atoms with E-state index in [1.165, 1.54) is 11.8 Å². The lowest BCUT2D eigenvalue weighted by Gasteiger charge is -2.41. The number of nitrogens with one attached hydrogen (secondary N) is 1. The molecule has 158 valence electrons. The van der Waals surface area contributed by atoms with E-state index >= 15 is 0 Å². The first-order valence-corrected chi connectivity index (χ1v) is 10.2. The molecule has 0 aromatic carbocycles. The third-order valence-electron chi connectivity index (χ3n) is 5.27. The molecule has 8 nitrogen and oxygen atoms in total. The second kappa shape index (κ2) is 6.75. The Morgan fingerprint density at radius 3 is 2.65 bits per heavy atom. The minimum atomic E-state index is -0.119. The molecule has 4 aromatic heterocycles. The number of aromatic nitrogens is 5. The van der Waals surface area contributed by atoms with Crippen LogP contribution in [0, 0.1) is 0 Å². The zero-order chi connectivity index (χ0) is 21.8. The summed E-state index contributed by atoms with van der Waals surface area (Å²) in [4.78, 5) is 17.9. The highest BCUT2D eigenvalue weighted by atomic mass is 16.3. The highest BCUT2D eigenvalue weighted by molar-refractivity contribution is 5.70. The largest absolute Gasteiger partial charge is 0.506 e. The summed E-state index contributed by atoms with van der Waals surface area (Å²) in [5, 5.41) is 14.2. The van der Waals surface area contributed by atoms with Gasteiger partial charge in [0.2, 0.25) is 11.7 Å². The van der Waals surface area contributed by atoms with Gasteiger partial charge in [0.25, 0.3) is 0 Å². The highest BCUT2D eigenvalue weighted by Crippen LogP contribution is 2.34. The number of oxazole rings is 1. The Hall–Kier alpha value is -3.52. The summed E-state index contributed by atoms with van der Waals surface area (Å²) in [5.41, 5.74) is 3.47. The van der Waals surface area contributed by atoms with Crippen molar-refractivity contribution in [2.75, 3.05) is 0 Å². The Balaban J connectivity index is 1.51. The van der Waals surface area contributed by atoms with E-state index < -0.39 is 0 Å². The minimum absolute atomic E-state index is 0.00360. The third kappa shape index (κ3) is 3.70. The van der Waals surface area contributed by atoms with Gasteiger partial charge in [0, 0.05) is 29.7 Å². The van der Waals surface area contributed by atoms with Crippen LogP contribution in [0.2, 0.25) is 0 Å². The molecular formula is C23H24N6O2. The molecule has 4 aromatic rings. The van der Waals surface area contributed by atoms with Gasteiger partial charge in [-0.05, 0) is 51.8 Å². The Bertz CT molecular complexity index is 1300. The Morgan fingerprint density at radius 2 is 1.94 bits per heavy atom. The topological polar surface area (TPSA) is 101 Å². The predicted molar refractivity (Wildman–Crippen MR) is 117 cm³/mol. The lowest BCUT2D eigenvalue weighted by atomic mass is 9.82. The highest BCUT2D eigenvalue weighted by Gasteiger charge is 2.33. The van der Waals surface area contributed by atoms with Gasteiger partial charge in [-0.3, -0.25) is 4.40 Å². The first-order valence-electron chi connectivity index (χ1n) is 10.2. The van der Waals surface area contributed by atoms with Gasteiger partial charge in [0.05, 0.1) is 17.5 Å². The molecule has 0 fully saturated rings. The van der Waals surface area contributed by atoms with E-state index in [0.29, 0.717) is 28.6 Å². The van der Waals surface area contributed by atoms with Gasteiger partial charge >= 0.3 is 0 Å². The third-order valence-corrected chi connectivity index (χ3v) is 5.27. The van der Waals surface area contributed by atoms with Crippen molar-refractivity contribution in [2.24, 2.45) is 0 Å². The molecule has 5 heterocycles. The zero-order valence-corrected chi connectivity index (χ0v) is 17.9. The Morgan fingerprint density at radius 1 is 1.13 bits per heavy atom. The SMILES string of the molecule is CC1(C)C=C(c2ccn3cc(-c4ncc(-c5ncco5)cc4O)nc3n2)CC(C)(C)N1. The monoisotopic (exact) mass is 416 g/mol. The van der Waals surface area contributed by atoms with Crippen molar-refractivity contribution in [1.29, 1.82) is 0 Å². The van der Waals surface area contributed by atoms with E-state index in [9.17, 15) is 5.11 Å². The molecule has 0 saturated heterocycles. The lowest BCUT2D eigenvalue weighted by molar-refractivity contribution is 0.297. The molecule has 0 saturated carbocycles. The van der Waals surface area contributed by atoms with Gasteiger partial charge in [-0.15, -0.1) is 0 Å². The Kier molecular flexibility index (Phi) is 4.23. The molecule has 0 unspecified atom stereocenters. The van der Waals surface area contributed by atoms with E-state index in [4.69, 9.17) is 9.40 Å². The van der Waals surface area contributed by atoms with Crippen LogP contribution in [0.4, 0.5) is 0 Å². The van der Waals surface area contributed by atoms with Gasteiger partial charge in [0.1, 0.15) is 23.4 Å². The van der Waals surface area contributed by atoms with Crippen molar-refractivity contribution in [3.05, 3.63) is 55.0 Å². The van der Waals surface area contributed by atoms with E-state index in [2.05, 4.69) is 54.0 Å². The summed E-state index contributed by atoms with van der Waals surface area (Å²) in [6, 6.07) is 3.57. The summed E-state index contributed by atoms with van der Waals surface area (Å²) in [7, 11) is 0. The maximum atomic E-state index is 10.5. The van der Waals surface area contributed by atoms with Crippen molar-refractivity contribution in [3.63, 3.8) is 0 Å². The van der Waals surface area contributed by atoms with Crippen LogP contribution in [-0.2, 0) is 0 Å². The summed E-state index contributed by atoms with van der Waals surface area (Å²) >= 11 is 0. The van der Waals surface area contributed by atoms with Crippen LogP contribution < -0.4 is 5.32 Å². The number of nitrogens with zero attached hydrogens (tertiary/aromatic N) is 5. The number of rotatable bonds is 3. The van der Waals surface area contributed by atoms with Crippen LogP contribution in [0.25, 0.3) is 34.2 Å². The fraction of sp³-hybridized carbons (Fsp3) is 0.304. The van der Waals surface area contributed by atoms with Gasteiger partial charge < -0.3 is 14.8 Å².